The Labute approximate surface area is 165 Å². The molecule has 1 aromatic heterocycles. The summed E-state index contributed by atoms with van der Waals surface area (Å²) in [5.41, 5.74) is 0.773. The first-order valence-corrected chi connectivity index (χ1v) is 10.2. The van der Waals surface area contributed by atoms with Crippen LogP contribution in [0.5, 0.6) is 0 Å². The Morgan fingerprint density at radius 1 is 1.25 bits per heavy atom. The first kappa shape index (κ1) is 18.7. The summed E-state index contributed by atoms with van der Waals surface area (Å²) in [5, 5.41) is 8.33. The molecule has 1 aliphatic heterocycles. The second-order valence-electron chi connectivity index (χ2n) is 7.08. The largest absolute Gasteiger partial charge is 0.344 e. The van der Waals surface area contributed by atoms with Crippen LogP contribution in [0.4, 0.5) is 4.39 Å². The molecular weight excluding hydrogens is 377 g/mol. The predicted octanol–water partition coefficient (Wildman–Crippen LogP) is 4.08. The Hall–Kier alpha value is -2.67. The minimum Gasteiger partial charge on any atom is -0.344 e. The SMILES string of the molecule is CC(C)n1nc(C(=O)NC2CCSc3ccc(F)cc32)c2ccccc2c1=O. The van der Waals surface area contributed by atoms with Gasteiger partial charge in [0.05, 0.1) is 17.5 Å². The standard InChI is InChI=1S/C21H20FN3O2S/c1-12(2)25-21(27)15-6-4-3-5-14(15)19(24-25)20(26)23-17-9-10-28-18-8-7-13(22)11-16(17)18/h3-8,11-12,17H,9-10H2,1-2H3,(H,23,26). The highest BCUT2D eigenvalue weighted by Gasteiger charge is 2.25. The molecule has 1 atom stereocenters. The third-order valence-electron chi connectivity index (χ3n) is 4.85. The lowest BCUT2D eigenvalue weighted by atomic mass is 10.0. The molecule has 0 bridgehead atoms. The molecule has 0 aliphatic carbocycles. The van der Waals surface area contributed by atoms with Gasteiger partial charge >= 0.3 is 0 Å². The number of nitrogens with zero attached hydrogens (tertiary/aromatic N) is 2. The third-order valence-corrected chi connectivity index (χ3v) is 5.97. The molecule has 4 rings (SSSR count). The van der Waals surface area contributed by atoms with E-state index in [1.807, 2.05) is 13.8 Å². The summed E-state index contributed by atoms with van der Waals surface area (Å²) >= 11 is 1.66. The fourth-order valence-corrected chi connectivity index (χ4v) is 4.57. The van der Waals surface area contributed by atoms with Gasteiger partial charge in [0.1, 0.15) is 5.82 Å². The average Bonchev–Trinajstić information content (AvgIpc) is 2.68. The minimum absolute atomic E-state index is 0.176. The molecule has 144 valence electrons. The van der Waals surface area contributed by atoms with Crippen molar-refractivity contribution in [2.75, 3.05) is 5.75 Å². The van der Waals surface area contributed by atoms with E-state index in [1.165, 1.54) is 16.8 Å². The van der Waals surface area contributed by atoms with Gasteiger partial charge in [0.2, 0.25) is 0 Å². The van der Waals surface area contributed by atoms with Gasteiger partial charge in [0, 0.05) is 16.0 Å². The number of halogens is 1. The molecule has 5 nitrogen and oxygen atoms in total. The van der Waals surface area contributed by atoms with E-state index in [0.29, 0.717) is 17.2 Å². The van der Waals surface area contributed by atoms with E-state index in [1.54, 1.807) is 42.1 Å². The van der Waals surface area contributed by atoms with Crippen molar-refractivity contribution >= 4 is 28.4 Å². The average molecular weight is 397 g/mol. The van der Waals surface area contributed by atoms with Crippen LogP contribution in [0, 0.1) is 5.82 Å². The Balaban J connectivity index is 1.76. The summed E-state index contributed by atoms with van der Waals surface area (Å²) in [6, 6.07) is 11.2. The van der Waals surface area contributed by atoms with Crippen LogP contribution < -0.4 is 10.9 Å². The fraction of sp³-hybridized carbons (Fsp3) is 0.286. The van der Waals surface area contributed by atoms with Gasteiger partial charge in [0.15, 0.2) is 5.69 Å². The third kappa shape index (κ3) is 3.30. The Bertz CT molecular complexity index is 1130. The quantitative estimate of drug-likeness (QED) is 0.723. The molecule has 3 aromatic rings. The maximum absolute atomic E-state index is 13.8. The molecule has 7 heteroatoms. The van der Waals surface area contributed by atoms with E-state index in [4.69, 9.17) is 0 Å². The molecule has 2 heterocycles. The summed E-state index contributed by atoms with van der Waals surface area (Å²) in [5.74, 6) is 0.152. The van der Waals surface area contributed by atoms with Crippen molar-refractivity contribution in [3.8, 4) is 0 Å². The van der Waals surface area contributed by atoms with Crippen molar-refractivity contribution < 1.29 is 9.18 Å². The normalized spacial score (nSPS) is 16.2. The molecule has 1 unspecified atom stereocenters. The van der Waals surface area contributed by atoms with Crippen LogP contribution in [0.1, 0.15) is 48.4 Å². The molecule has 0 radical (unpaired) electrons. The summed E-state index contributed by atoms with van der Waals surface area (Å²) < 4.78 is 15.1. The van der Waals surface area contributed by atoms with Gasteiger partial charge in [-0.25, -0.2) is 9.07 Å². The predicted molar refractivity (Wildman–Crippen MR) is 108 cm³/mol. The molecule has 2 aromatic carbocycles. The van der Waals surface area contributed by atoms with E-state index < -0.39 is 0 Å². The highest BCUT2D eigenvalue weighted by atomic mass is 32.2. The number of benzene rings is 2. The van der Waals surface area contributed by atoms with Crippen LogP contribution in [0.3, 0.4) is 0 Å². The second-order valence-corrected chi connectivity index (χ2v) is 8.22. The van der Waals surface area contributed by atoms with Gasteiger partial charge in [-0.05, 0) is 50.1 Å². The van der Waals surface area contributed by atoms with E-state index in [0.717, 1.165) is 16.2 Å². The van der Waals surface area contributed by atoms with Crippen molar-refractivity contribution in [3.05, 3.63) is 69.9 Å². The number of hydrogen-bond donors (Lipinski definition) is 1. The van der Waals surface area contributed by atoms with Crippen LogP contribution in [0.15, 0.2) is 52.2 Å². The molecule has 0 fully saturated rings. The molecule has 1 aliphatic rings. The molecule has 28 heavy (non-hydrogen) atoms. The van der Waals surface area contributed by atoms with Crippen LogP contribution in [0.2, 0.25) is 0 Å². The van der Waals surface area contributed by atoms with Crippen LogP contribution in [0.25, 0.3) is 10.8 Å². The van der Waals surface area contributed by atoms with Gasteiger partial charge in [0.25, 0.3) is 11.5 Å². The first-order valence-electron chi connectivity index (χ1n) is 9.20. The van der Waals surface area contributed by atoms with E-state index in [-0.39, 0.29) is 35.1 Å². The zero-order valence-corrected chi connectivity index (χ0v) is 16.4. The number of carbonyl (C=O) groups excluding carboxylic acids is 1. The van der Waals surface area contributed by atoms with Crippen LogP contribution in [-0.4, -0.2) is 21.4 Å². The van der Waals surface area contributed by atoms with Gasteiger partial charge in [-0.15, -0.1) is 11.8 Å². The lowest BCUT2D eigenvalue weighted by Crippen LogP contribution is -2.34. The first-order chi connectivity index (χ1) is 13.5. The number of amides is 1. The van der Waals surface area contributed by atoms with E-state index in [9.17, 15) is 14.0 Å². The fourth-order valence-electron chi connectivity index (χ4n) is 3.47. The molecule has 0 spiro atoms. The van der Waals surface area contributed by atoms with Gasteiger partial charge in [-0.2, -0.15) is 5.10 Å². The van der Waals surface area contributed by atoms with Gasteiger partial charge in [-0.3, -0.25) is 9.59 Å². The number of fused-ring (bicyclic) bond motifs is 2. The molecule has 1 amide bonds. The number of nitrogens with one attached hydrogen (secondary N) is 1. The number of hydrogen-bond acceptors (Lipinski definition) is 4. The Morgan fingerprint density at radius 2 is 2.00 bits per heavy atom. The smallest absolute Gasteiger partial charge is 0.274 e. The zero-order valence-electron chi connectivity index (χ0n) is 15.6. The number of aromatic nitrogens is 2. The van der Waals surface area contributed by atoms with E-state index >= 15 is 0 Å². The highest BCUT2D eigenvalue weighted by Crippen LogP contribution is 2.36. The lowest BCUT2D eigenvalue weighted by Gasteiger charge is -2.26. The number of carbonyl (C=O) groups is 1. The number of thioether (sulfide) groups is 1. The van der Waals surface area contributed by atoms with Crippen molar-refractivity contribution in [1.29, 1.82) is 0 Å². The molecule has 0 saturated heterocycles. The second kappa shape index (κ2) is 7.39. The van der Waals surface area contributed by atoms with E-state index in [2.05, 4.69) is 10.4 Å². The van der Waals surface area contributed by atoms with Crippen molar-refractivity contribution in [2.45, 2.75) is 37.2 Å². The van der Waals surface area contributed by atoms with Crippen LogP contribution >= 0.6 is 11.8 Å². The Morgan fingerprint density at radius 3 is 2.75 bits per heavy atom. The molecule has 0 saturated carbocycles. The summed E-state index contributed by atoms with van der Waals surface area (Å²) in [6.07, 6.45) is 0.703. The molecule has 1 N–H and O–H groups in total. The van der Waals surface area contributed by atoms with Crippen molar-refractivity contribution in [1.82, 2.24) is 15.1 Å². The summed E-state index contributed by atoms with van der Waals surface area (Å²) in [4.78, 5) is 26.8. The van der Waals surface area contributed by atoms with Crippen LogP contribution in [-0.2, 0) is 0 Å². The number of rotatable bonds is 3. The van der Waals surface area contributed by atoms with Gasteiger partial charge in [-0.1, -0.05) is 18.2 Å². The Kier molecular flexibility index (Phi) is 4.93. The maximum Gasteiger partial charge on any atom is 0.274 e. The van der Waals surface area contributed by atoms with Crippen molar-refractivity contribution in [3.63, 3.8) is 0 Å². The zero-order chi connectivity index (χ0) is 19.8. The molecular formula is C21H20FN3O2S. The topological polar surface area (TPSA) is 64.0 Å². The monoisotopic (exact) mass is 397 g/mol. The van der Waals surface area contributed by atoms with Gasteiger partial charge < -0.3 is 5.32 Å². The summed E-state index contributed by atoms with van der Waals surface area (Å²) in [7, 11) is 0. The summed E-state index contributed by atoms with van der Waals surface area (Å²) in [6.45, 7) is 3.70. The highest BCUT2D eigenvalue weighted by molar-refractivity contribution is 7.99. The lowest BCUT2D eigenvalue weighted by molar-refractivity contribution is 0.0929. The van der Waals surface area contributed by atoms with Crippen molar-refractivity contribution in [2.24, 2.45) is 0 Å². The maximum atomic E-state index is 13.8. The minimum atomic E-state index is -0.363.